The second-order valence-corrected chi connectivity index (χ2v) is 6.13. The van der Waals surface area contributed by atoms with Gasteiger partial charge in [0.2, 0.25) is 0 Å². The molecule has 1 aliphatic rings. The lowest BCUT2D eigenvalue weighted by molar-refractivity contribution is 0.305. The third-order valence-electron chi connectivity index (χ3n) is 2.76. The fraction of sp³-hybridized carbons (Fsp3) is 0.818. The van der Waals surface area contributed by atoms with Crippen LogP contribution in [0, 0.1) is 17.8 Å². The van der Waals surface area contributed by atoms with E-state index < -0.39 is 0 Å². The first-order valence-electron chi connectivity index (χ1n) is 9.66. The van der Waals surface area contributed by atoms with Gasteiger partial charge in [0.1, 0.15) is 0 Å². The SMILES string of the molecule is C=CC.CC.CC(C)C.CCC.CCC1CC=CCC1CC. The molecule has 22 heavy (non-hydrogen) atoms. The zero-order valence-corrected chi connectivity index (χ0v) is 17.7. The average Bonchev–Trinajstić information content (AvgIpc) is 2.50. The molecule has 0 aliphatic heterocycles. The standard InChI is InChI=1S/C10H18.C4H10.C3H8.C3H6.C2H6/c1-3-9-7-5-6-8-10(9)4-2;1-4(2)3;2*1-3-2;1-2/h5-6,9-10H,3-4,7-8H2,1-2H3;4H,1-3H3;3H2,1-2H3;3H,1H2,2H3;1-2H3. The summed E-state index contributed by atoms with van der Waals surface area (Å²) in [6.45, 7) is 24.6. The van der Waals surface area contributed by atoms with E-state index in [0.717, 1.165) is 17.8 Å². The van der Waals surface area contributed by atoms with Crippen LogP contribution in [-0.4, -0.2) is 0 Å². The predicted molar refractivity (Wildman–Crippen MR) is 110 cm³/mol. The van der Waals surface area contributed by atoms with Gasteiger partial charge in [0, 0.05) is 0 Å². The minimum Gasteiger partial charge on any atom is -0.103 e. The molecular formula is C22H48. The molecule has 0 spiro atoms. The van der Waals surface area contributed by atoms with E-state index in [2.05, 4.69) is 67.2 Å². The largest absolute Gasteiger partial charge is 0.103 e. The number of hydrogen-bond donors (Lipinski definition) is 0. The molecule has 2 atom stereocenters. The van der Waals surface area contributed by atoms with E-state index in [1.807, 2.05) is 20.8 Å². The molecule has 0 radical (unpaired) electrons. The van der Waals surface area contributed by atoms with Crippen molar-refractivity contribution in [1.82, 2.24) is 0 Å². The minimum atomic E-state index is 0.833. The van der Waals surface area contributed by atoms with Gasteiger partial charge in [-0.2, -0.15) is 0 Å². The molecule has 136 valence electrons. The fourth-order valence-corrected chi connectivity index (χ4v) is 1.93. The van der Waals surface area contributed by atoms with E-state index in [1.165, 1.54) is 32.1 Å². The number of rotatable bonds is 2. The summed E-state index contributed by atoms with van der Waals surface area (Å²) in [5.41, 5.74) is 0. The van der Waals surface area contributed by atoms with Crippen LogP contribution in [0.2, 0.25) is 0 Å². The van der Waals surface area contributed by atoms with Crippen molar-refractivity contribution in [1.29, 1.82) is 0 Å². The first-order valence-corrected chi connectivity index (χ1v) is 9.66. The van der Waals surface area contributed by atoms with Gasteiger partial charge in [-0.25, -0.2) is 0 Å². The lowest BCUT2D eigenvalue weighted by Gasteiger charge is -2.26. The van der Waals surface area contributed by atoms with Crippen molar-refractivity contribution >= 4 is 0 Å². The third-order valence-corrected chi connectivity index (χ3v) is 2.76. The molecule has 0 aromatic rings. The summed E-state index contributed by atoms with van der Waals surface area (Å²) >= 11 is 0. The Hall–Kier alpha value is -0.520. The highest BCUT2D eigenvalue weighted by Gasteiger charge is 2.18. The van der Waals surface area contributed by atoms with Crippen LogP contribution in [0.15, 0.2) is 24.8 Å². The molecule has 0 aromatic heterocycles. The van der Waals surface area contributed by atoms with Gasteiger partial charge in [-0.1, -0.05) is 99.8 Å². The average molecular weight is 313 g/mol. The molecule has 1 rings (SSSR count). The Morgan fingerprint density at radius 2 is 1.09 bits per heavy atom. The first kappa shape index (κ1) is 29.5. The van der Waals surface area contributed by atoms with Crippen molar-refractivity contribution in [2.45, 2.75) is 101 Å². The topological polar surface area (TPSA) is 0 Å². The molecule has 0 fully saturated rings. The molecule has 0 nitrogen and oxygen atoms in total. The maximum atomic E-state index is 3.36. The molecule has 0 aromatic carbocycles. The fourth-order valence-electron chi connectivity index (χ4n) is 1.93. The van der Waals surface area contributed by atoms with E-state index >= 15 is 0 Å². The molecule has 0 saturated carbocycles. The highest BCUT2D eigenvalue weighted by molar-refractivity contribution is 4.93. The zero-order chi connectivity index (χ0) is 18.4. The van der Waals surface area contributed by atoms with Gasteiger partial charge in [-0.3, -0.25) is 0 Å². The van der Waals surface area contributed by atoms with E-state index in [0.29, 0.717) is 0 Å². The molecule has 0 saturated heterocycles. The zero-order valence-electron chi connectivity index (χ0n) is 17.7. The maximum Gasteiger partial charge on any atom is -0.0320 e. The summed E-state index contributed by atoms with van der Waals surface area (Å²) in [7, 11) is 0. The quantitative estimate of drug-likeness (QED) is 0.447. The highest BCUT2D eigenvalue weighted by atomic mass is 14.2. The van der Waals surface area contributed by atoms with Crippen LogP contribution < -0.4 is 0 Å². The van der Waals surface area contributed by atoms with Crippen molar-refractivity contribution in [2.75, 3.05) is 0 Å². The van der Waals surface area contributed by atoms with Gasteiger partial charge in [0.15, 0.2) is 0 Å². The van der Waals surface area contributed by atoms with Crippen molar-refractivity contribution < 1.29 is 0 Å². The third kappa shape index (κ3) is 31.7. The van der Waals surface area contributed by atoms with Crippen LogP contribution in [0.25, 0.3) is 0 Å². The van der Waals surface area contributed by atoms with E-state index in [1.54, 1.807) is 6.08 Å². The normalized spacial score (nSPS) is 18.1. The second-order valence-electron chi connectivity index (χ2n) is 6.13. The van der Waals surface area contributed by atoms with Crippen molar-refractivity contribution in [3.05, 3.63) is 24.8 Å². The smallest absolute Gasteiger partial charge is 0.0320 e. The van der Waals surface area contributed by atoms with Crippen LogP contribution in [0.3, 0.4) is 0 Å². The molecule has 1 aliphatic carbocycles. The summed E-state index contributed by atoms with van der Waals surface area (Å²) in [5.74, 6) is 2.80. The van der Waals surface area contributed by atoms with Crippen molar-refractivity contribution in [3.8, 4) is 0 Å². The summed E-state index contributed by atoms with van der Waals surface area (Å²) in [6.07, 6.45) is 13.1. The lowest BCUT2D eigenvalue weighted by Crippen LogP contribution is -2.14. The van der Waals surface area contributed by atoms with Crippen LogP contribution >= 0.6 is 0 Å². The van der Waals surface area contributed by atoms with Crippen molar-refractivity contribution in [2.24, 2.45) is 17.8 Å². The van der Waals surface area contributed by atoms with Gasteiger partial charge < -0.3 is 0 Å². The Morgan fingerprint density at radius 3 is 1.23 bits per heavy atom. The van der Waals surface area contributed by atoms with Crippen LogP contribution in [-0.2, 0) is 0 Å². The molecule has 0 amide bonds. The van der Waals surface area contributed by atoms with E-state index in [9.17, 15) is 0 Å². The monoisotopic (exact) mass is 312 g/mol. The van der Waals surface area contributed by atoms with Crippen LogP contribution in [0.1, 0.15) is 101 Å². The molecular weight excluding hydrogens is 264 g/mol. The molecule has 0 heterocycles. The van der Waals surface area contributed by atoms with Gasteiger partial charge in [0.25, 0.3) is 0 Å². The van der Waals surface area contributed by atoms with Gasteiger partial charge in [0.05, 0.1) is 0 Å². The van der Waals surface area contributed by atoms with Crippen LogP contribution in [0.4, 0.5) is 0 Å². The van der Waals surface area contributed by atoms with Crippen molar-refractivity contribution in [3.63, 3.8) is 0 Å². The lowest BCUT2D eigenvalue weighted by atomic mass is 9.80. The molecule has 2 unspecified atom stereocenters. The van der Waals surface area contributed by atoms with E-state index in [-0.39, 0.29) is 0 Å². The summed E-state index contributed by atoms with van der Waals surface area (Å²) < 4.78 is 0. The van der Waals surface area contributed by atoms with E-state index in [4.69, 9.17) is 0 Å². The maximum absolute atomic E-state index is 3.36. The Labute approximate surface area is 144 Å². The minimum absolute atomic E-state index is 0.833. The van der Waals surface area contributed by atoms with Gasteiger partial charge >= 0.3 is 0 Å². The Bertz CT molecular complexity index is 171. The Balaban J connectivity index is -0.000000113. The highest BCUT2D eigenvalue weighted by Crippen LogP contribution is 2.29. The number of allylic oxidation sites excluding steroid dienone is 3. The number of hydrogen-bond acceptors (Lipinski definition) is 0. The Morgan fingerprint density at radius 1 is 0.909 bits per heavy atom. The Kier molecular flexibility index (Phi) is 38.4. The summed E-state index contributed by atoms with van der Waals surface area (Å²) in [4.78, 5) is 0. The van der Waals surface area contributed by atoms with Gasteiger partial charge in [-0.05, 0) is 37.5 Å². The molecule has 0 heteroatoms. The first-order chi connectivity index (χ1) is 10.4. The van der Waals surface area contributed by atoms with Gasteiger partial charge in [-0.15, -0.1) is 6.58 Å². The molecule has 0 N–H and O–H groups in total. The second kappa shape index (κ2) is 28.6. The predicted octanol–water partition coefficient (Wildman–Crippen LogP) is 8.69. The summed E-state index contributed by atoms with van der Waals surface area (Å²) in [5, 5.41) is 0. The van der Waals surface area contributed by atoms with Crippen LogP contribution in [0.5, 0.6) is 0 Å². The molecule has 0 bridgehead atoms. The summed E-state index contributed by atoms with van der Waals surface area (Å²) in [6, 6.07) is 0.